The fourth-order valence-electron chi connectivity index (χ4n) is 2.03. The van der Waals surface area contributed by atoms with Crippen molar-refractivity contribution in [1.29, 1.82) is 0 Å². The van der Waals surface area contributed by atoms with Gasteiger partial charge in [0.15, 0.2) is 0 Å². The summed E-state index contributed by atoms with van der Waals surface area (Å²) in [5.74, 6) is -0.402. The standard InChI is InChI=1S/C17H19NO2/c1-12(2)14-6-4-8-16(10-14)18-11-13-5-3-7-15(9-13)17(19)20/h3-10,12,18H,11H2,1-2H3,(H,19,20). The molecule has 3 nitrogen and oxygen atoms in total. The van der Waals surface area contributed by atoms with Crippen molar-refractivity contribution >= 4 is 11.7 Å². The second-order valence-electron chi connectivity index (χ2n) is 5.14. The fourth-order valence-corrected chi connectivity index (χ4v) is 2.03. The number of rotatable bonds is 5. The molecule has 0 unspecified atom stereocenters. The first-order valence-electron chi connectivity index (χ1n) is 6.72. The smallest absolute Gasteiger partial charge is 0.335 e. The lowest BCUT2D eigenvalue weighted by molar-refractivity contribution is 0.0697. The Bertz CT molecular complexity index is 605. The van der Waals surface area contributed by atoms with E-state index in [0.29, 0.717) is 18.0 Å². The van der Waals surface area contributed by atoms with Crippen LogP contribution in [0.4, 0.5) is 5.69 Å². The molecule has 0 spiro atoms. The predicted octanol–water partition coefficient (Wildman–Crippen LogP) is 4.12. The zero-order chi connectivity index (χ0) is 14.5. The Morgan fingerprint density at radius 3 is 2.60 bits per heavy atom. The van der Waals surface area contributed by atoms with Crippen molar-refractivity contribution < 1.29 is 9.90 Å². The Morgan fingerprint density at radius 1 is 1.15 bits per heavy atom. The van der Waals surface area contributed by atoms with Crippen molar-refractivity contribution in [3.63, 3.8) is 0 Å². The average Bonchev–Trinajstić information content (AvgIpc) is 2.45. The molecule has 0 aromatic heterocycles. The summed E-state index contributed by atoms with van der Waals surface area (Å²) in [4.78, 5) is 10.9. The first-order chi connectivity index (χ1) is 9.56. The van der Waals surface area contributed by atoms with E-state index in [0.717, 1.165) is 11.3 Å². The first-order valence-corrected chi connectivity index (χ1v) is 6.72. The third kappa shape index (κ3) is 3.60. The van der Waals surface area contributed by atoms with E-state index in [-0.39, 0.29) is 0 Å². The highest BCUT2D eigenvalue weighted by molar-refractivity contribution is 5.87. The van der Waals surface area contributed by atoms with Gasteiger partial charge in [0.05, 0.1) is 5.56 Å². The van der Waals surface area contributed by atoms with Gasteiger partial charge in [-0.3, -0.25) is 0 Å². The molecule has 0 aliphatic carbocycles. The minimum atomic E-state index is -0.895. The molecule has 0 saturated carbocycles. The van der Waals surface area contributed by atoms with E-state index in [2.05, 4.69) is 31.3 Å². The number of aromatic carboxylic acids is 1. The molecular formula is C17H19NO2. The van der Waals surface area contributed by atoms with Gasteiger partial charge in [-0.15, -0.1) is 0 Å². The van der Waals surface area contributed by atoms with Crippen LogP contribution in [0.1, 0.15) is 41.3 Å². The van der Waals surface area contributed by atoms with Gasteiger partial charge in [-0.05, 0) is 41.3 Å². The predicted molar refractivity (Wildman–Crippen MR) is 81.3 cm³/mol. The molecule has 20 heavy (non-hydrogen) atoms. The Morgan fingerprint density at radius 2 is 1.90 bits per heavy atom. The molecule has 0 fully saturated rings. The van der Waals surface area contributed by atoms with Crippen LogP contribution in [-0.2, 0) is 6.54 Å². The van der Waals surface area contributed by atoms with Crippen LogP contribution in [0, 0.1) is 0 Å². The highest BCUT2D eigenvalue weighted by Gasteiger charge is 2.04. The maximum absolute atomic E-state index is 10.9. The molecule has 2 rings (SSSR count). The van der Waals surface area contributed by atoms with Crippen LogP contribution in [0.2, 0.25) is 0 Å². The molecule has 0 radical (unpaired) electrons. The number of hydrogen-bond acceptors (Lipinski definition) is 2. The largest absolute Gasteiger partial charge is 0.478 e. The van der Waals surface area contributed by atoms with E-state index >= 15 is 0 Å². The first kappa shape index (κ1) is 14.1. The molecule has 0 amide bonds. The molecule has 0 aliphatic rings. The lowest BCUT2D eigenvalue weighted by Crippen LogP contribution is -2.02. The highest BCUT2D eigenvalue weighted by atomic mass is 16.4. The molecule has 0 atom stereocenters. The van der Waals surface area contributed by atoms with Crippen LogP contribution in [0.5, 0.6) is 0 Å². The van der Waals surface area contributed by atoms with Gasteiger partial charge in [-0.1, -0.05) is 38.1 Å². The van der Waals surface area contributed by atoms with Gasteiger partial charge in [-0.2, -0.15) is 0 Å². The number of carbonyl (C=O) groups is 1. The maximum Gasteiger partial charge on any atom is 0.335 e. The van der Waals surface area contributed by atoms with Crippen molar-refractivity contribution in [3.05, 3.63) is 65.2 Å². The van der Waals surface area contributed by atoms with E-state index in [9.17, 15) is 4.79 Å². The van der Waals surface area contributed by atoms with Gasteiger partial charge in [0.2, 0.25) is 0 Å². The molecule has 104 valence electrons. The maximum atomic E-state index is 10.9. The minimum absolute atomic E-state index is 0.320. The summed E-state index contributed by atoms with van der Waals surface area (Å²) in [6, 6.07) is 15.3. The third-order valence-electron chi connectivity index (χ3n) is 3.22. The van der Waals surface area contributed by atoms with Gasteiger partial charge in [-0.25, -0.2) is 4.79 Å². The number of carboxylic acid groups (broad SMARTS) is 1. The van der Waals surface area contributed by atoms with Crippen molar-refractivity contribution in [2.45, 2.75) is 26.3 Å². The van der Waals surface area contributed by atoms with Crippen LogP contribution in [0.25, 0.3) is 0 Å². The topological polar surface area (TPSA) is 49.3 Å². The van der Waals surface area contributed by atoms with E-state index in [1.165, 1.54) is 5.56 Å². The second-order valence-corrected chi connectivity index (χ2v) is 5.14. The molecule has 0 heterocycles. The summed E-state index contributed by atoms with van der Waals surface area (Å²) < 4.78 is 0. The number of benzene rings is 2. The van der Waals surface area contributed by atoms with Crippen molar-refractivity contribution in [3.8, 4) is 0 Å². The molecule has 2 aromatic carbocycles. The van der Waals surface area contributed by atoms with Gasteiger partial charge in [0.25, 0.3) is 0 Å². The number of anilines is 1. The number of nitrogens with one attached hydrogen (secondary N) is 1. The summed E-state index contributed by atoms with van der Waals surface area (Å²) >= 11 is 0. The van der Waals surface area contributed by atoms with E-state index in [4.69, 9.17) is 5.11 Å². The number of carboxylic acids is 1. The molecule has 2 N–H and O–H groups in total. The van der Waals surface area contributed by atoms with Gasteiger partial charge in [0.1, 0.15) is 0 Å². The van der Waals surface area contributed by atoms with E-state index < -0.39 is 5.97 Å². The third-order valence-corrected chi connectivity index (χ3v) is 3.22. The molecule has 3 heteroatoms. The van der Waals surface area contributed by atoms with Crippen LogP contribution in [0.3, 0.4) is 0 Å². The highest BCUT2D eigenvalue weighted by Crippen LogP contribution is 2.19. The Labute approximate surface area is 119 Å². The lowest BCUT2D eigenvalue weighted by atomic mass is 10.0. The van der Waals surface area contributed by atoms with Gasteiger partial charge < -0.3 is 10.4 Å². The summed E-state index contributed by atoms with van der Waals surface area (Å²) in [5, 5.41) is 12.3. The summed E-state index contributed by atoms with van der Waals surface area (Å²) in [5.41, 5.74) is 3.62. The average molecular weight is 269 g/mol. The number of hydrogen-bond donors (Lipinski definition) is 2. The van der Waals surface area contributed by atoms with Crippen molar-refractivity contribution in [1.82, 2.24) is 0 Å². The quantitative estimate of drug-likeness (QED) is 0.858. The minimum Gasteiger partial charge on any atom is -0.478 e. The van der Waals surface area contributed by atoms with Gasteiger partial charge >= 0.3 is 5.97 Å². The van der Waals surface area contributed by atoms with Crippen LogP contribution < -0.4 is 5.32 Å². The van der Waals surface area contributed by atoms with Crippen LogP contribution >= 0.6 is 0 Å². The Hall–Kier alpha value is -2.29. The van der Waals surface area contributed by atoms with Crippen LogP contribution in [0.15, 0.2) is 48.5 Å². The summed E-state index contributed by atoms with van der Waals surface area (Å²) in [6.45, 7) is 4.94. The molecule has 0 bridgehead atoms. The molecule has 0 saturated heterocycles. The summed E-state index contributed by atoms with van der Waals surface area (Å²) in [7, 11) is 0. The Balaban J connectivity index is 2.07. The molecular weight excluding hydrogens is 250 g/mol. The van der Waals surface area contributed by atoms with Crippen LogP contribution in [-0.4, -0.2) is 11.1 Å². The van der Waals surface area contributed by atoms with E-state index in [1.807, 2.05) is 18.2 Å². The lowest BCUT2D eigenvalue weighted by Gasteiger charge is -2.10. The van der Waals surface area contributed by atoms with Gasteiger partial charge in [0, 0.05) is 12.2 Å². The molecule has 2 aromatic rings. The second kappa shape index (κ2) is 6.24. The SMILES string of the molecule is CC(C)c1cccc(NCc2cccc(C(=O)O)c2)c1. The normalized spacial score (nSPS) is 10.6. The summed E-state index contributed by atoms with van der Waals surface area (Å²) in [6.07, 6.45) is 0. The monoisotopic (exact) mass is 269 g/mol. The van der Waals surface area contributed by atoms with Crippen molar-refractivity contribution in [2.75, 3.05) is 5.32 Å². The van der Waals surface area contributed by atoms with Crippen molar-refractivity contribution in [2.24, 2.45) is 0 Å². The fraction of sp³-hybridized carbons (Fsp3) is 0.235. The molecule has 0 aliphatic heterocycles. The Kier molecular flexibility index (Phi) is 4.41. The zero-order valence-corrected chi connectivity index (χ0v) is 11.8. The zero-order valence-electron chi connectivity index (χ0n) is 11.8. The van der Waals surface area contributed by atoms with E-state index in [1.54, 1.807) is 18.2 Å².